The van der Waals surface area contributed by atoms with E-state index in [0.717, 1.165) is 11.8 Å². The van der Waals surface area contributed by atoms with E-state index < -0.39 is 35.5 Å². The van der Waals surface area contributed by atoms with Gasteiger partial charge in [0.2, 0.25) is 5.91 Å². The van der Waals surface area contributed by atoms with Crippen LogP contribution in [0.2, 0.25) is 0 Å². The molecule has 0 aromatic carbocycles. The maximum absolute atomic E-state index is 12.7. The molecule has 0 aliphatic carbocycles. The summed E-state index contributed by atoms with van der Waals surface area (Å²) in [5, 5.41) is 14.2. The van der Waals surface area contributed by atoms with E-state index >= 15 is 0 Å². The number of hydrogen-bond donors (Lipinski definition) is 3. The van der Waals surface area contributed by atoms with E-state index in [1.807, 2.05) is 0 Å². The van der Waals surface area contributed by atoms with Gasteiger partial charge in [-0.05, 0) is 6.92 Å². The monoisotopic (exact) mass is 446 g/mol. The third-order valence-electron chi connectivity index (χ3n) is 4.14. The van der Waals surface area contributed by atoms with E-state index in [1.54, 1.807) is 13.8 Å². The van der Waals surface area contributed by atoms with Crippen LogP contribution < -0.4 is 10.6 Å². The molecular weight excluding hydrogens is 416 g/mol. The highest BCUT2D eigenvalue weighted by atomic mass is 32.2. The van der Waals surface area contributed by atoms with Gasteiger partial charge in [-0.15, -0.1) is 0 Å². The minimum atomic E-state index is -1.31. The Bertz CT molecular complexity index is 650. The molecule has 0 spiro atoms. The molecule has 10 nitrogen and oxygen atoms in total. The lowest BCUT2D eigenvalue weighted by molar-refractivity contribution is -0.169. The van der Waals surface area contributed by atoms with Gasteiger partial charge in [-0.3, -0.25) is 24.0 Å². The molecule has 1 fully saturated rings. The number of hydrogen-bond acceptors (Lipinski definition) is 9. The van der Waals surface area contributed by atoms with E-state index in [1.165, 1.54) is 6.92 Å². The van der Waals surface area contributed by atoms with Crippen molar-refractivity contribution in [1.29, 1.82) is 0 Å². The van der Waals surface area contributed by atoms with Crippen LogP contribution in [0.25, 0.3) is 0 Å². The summed E-state index contributed by atoms with van der Waals surface area (Å²) >= 11 is 1.01. The SMILES string of the molecule is C[C@H](O)CC(=O)OCC(C)(C)[C@H]1OC(=O)CCC(=O)SCCNC(=O)CCNC1=O. The summed E-state index contributed by atoms with van der Waals surface area (Å²) in [7, 11) is 0. The number of carbonyl (C=O) groups excluding carboxylic acids is 5. The van der Waals surface area contributed by atoms with Crippen LogP contribution in [0.1, 0.15) is 46.5 Å². The first-order valence-corrected chi connectivity index (χ1v) is 10.7. The molecular formula is C19H30N2O8S. The van der Waals surface area contributed by atoms with Crippen molar-refractivity contribution in [2.24, 2.45) is 5.41 Å². The van der Waals surface area contributed by atoms with Crippen LogP contribution in [-0.4, -0.2) is 71.6 Å². The third kappa shape index (κ3) is 10.1. The fourth-order valence-electron chi connectivity index (χ4n) is 2.51. The zero-order valence-corrected chi connectivity index (χ0v) is 18.3. The van der Waals surface area contributed by atoms with Gasteiger partial charge in [-0.2, -0.15) is 0 Å². The van der Waals surface area contributed by atoms with Crippen LogP contribution in [0.4, 0.5) is 0 Å². The van der Waals surface area contributed by atoms with Gasteiger partial charge in [0.1, 0.15) is 6.61 Å². The number of nitrogens with one attached hydrogen (secondary N) is 2. The molecule has 0 aromatic rings. The van der Waals surface area contributed by atoms with E-state index in [0.29, 0.717) is 12.3 Å². The first-order valence-electron chi connectivity index (χ1n) is 9.74. The van der Waals surface area contributed by atoms with Gasteiger partial charge in [0.25, 0.3) is 5.91 Å². The summed E-state index contributed by atoms with van der Waals surface area (Å²) < 4.78 is 10.5. The summed E-state index contributed by atoms with van der Waals surface area (Å²) in [4.78, 5) is 60.3. The van der Waals surface area contributed by atoms with Crippen molar-refractivity contribution in [2.45, 2.75) is 58.7 Å². The van der Waals surface area contributed by atoms with E-state index in [9.17, 15) is 29.1 Å². The molecule has 0 bridgehead atoms. The standard InChI is InChI=1S/C19H30N2O8S/c1-12(22)10-15(25)28-11-19(2,3)17-18(27)21-7-6-13(23)20-8-9-30-16(26)5-4-14(24)29-17/h12,17,22H,4-11H2,1-3H3,(H,20,23)(H,21,27)/t12-,17-/m0/s1. The molecule has 2 atom stereocenters. The van der Waals surface area contributed by atoms with Gasteiger partial charge in [0, 0.05) is 37.1 Å². The van der Waals surface area contributed by atoms with E-state index in [-0.39, 0.29) is 49.9 Å². The molecule has 11 heteroatoms. The second kappa shape index (κ2) is 12.5. The highest BCUT2D eigenvalue weighted by Gasteiger charge is 2.40. The second-order valence-electron chi connectivity index (χ2n) is 7.68. The number of carbonyl (C=O) groups is 5. The largest absolute Gasteiger partial charge is 0.465 e. The molecule has 2 amide bonds. The van der Waals surface area contributed by atoms with Crippen LogP contribution in [-0.2, 0) is 33.4 Å². The lowest BCUT2D eigenvalue weighted by Gasteiger charge is -2.32. The molecule has 1 heterocycles. The molecule has 0 radical (unpaired) electrons. The Balaban J connectivity index is 2.88. The Morgan fingerprint density at radius 1 is 1.20 bits per heavy atom. The Hall–Kier alpha value is -2.14. The lowest BCUT2D eigenvalue weighted by atomic mass is 9.86. The van der Waals surface area contributed by atoms with Crippen LogP contribution in [0.3, 0.4) is 0 Å². The predicted octanol–water partition coefficient (Wildman–Crippen LogP) is -0.0854. The van der Waals surface area contributed by atoms with Gasteiger partial charge in [0.05, 0.1) is 18.9 Å². The van der Waals surface area contributed by atoms with Crippen molar-refractivity contribution in [2.75, 3.05) is 25.4 Å². The van der Waals surface area contributed by atoms with Crippen molar-refractivity contribution in [3.05, 3.63) is 0 Å². The number of esters is 2. The van der Waals surface area contributed by atoms with Gasteiger partial charge >= 0.3 is 11.9 Å². The number of aliphatic hydroxyl groups excluding tert-OH is 1. The van der Waals surface area contributed by atoms with Crippen molar-refractivity contribution < 1.29 is 38.6 Å². The highest BCUT2D eigenvalue weighted by molar-refractivity contribution is 8.13. The molecule has 1 aliphatic heterocycles. The Kier molecular flexibility index (Phi) is 10.8. The van der Waals surface area contributed by atoms with Gasteiger partial charge in [-0.1, -0.05) is 25.6 Å². The number of thioether (sulfide) groups is 1. The quantitative estimate of drug-likeness (QED) is 0.493. The van der Waals surface area contributed by atoms with Crippen LogP contribution >= 0.6 is 11.8 Å². The van der Waals surface area contributed by atoms with Crippen molar-refractivity contribution in [1.82, 2.24) is 10.6 Å². The fourth-order valence-corrected chi connectivity index (χ4v) is 3.19. The van der Waals surface area contributed by atoms with Crippen molar-refractivity contribution in [3.63, 3.8) is 0 Å². The van der Waals surface area contributed by atoms with Crippen LogP contribution in [0, 0.1) is 5.41 Å². The summed E-state index contributed by atoms with van der Waals surface area (Å²) in [6.07, 6.45) is -2.62. The minimum Gasteiger partial charge on any atom is -0.465 e. The van der Waals surface area contributed by atoms with E-state index in [4.69, 9.17) is 9.47 Å². The fraction of sp³-hybridized carbons (Fsp3) is 0.737. The molecule has 3 N–H and O–H groups in total. The first kappa shape index (κ1) is 25.9. The highest BCUT2D eigenvalue weighted by Crippen LogP contribution is 2.26. The first-order chi connectivity index (χ1) is 14.0. The lowest BCUT2D eigenvalue weighted by Crippen LogP contribution is -2.49. The third-order valence-corrected chi connectivity index (χ3v) is 5.07. The van der Waals surface area contributed by atoms with Gasteiger partial charge < -0.3 is 25.2 Å². The number of cyclic esters (lactones) is 1. The summed E-state index contributed by atoms with van der Waals surface area (Å²) in [6, 6.07) is 0. The van der Waals surface area contributed by atoms with Crippen molar-refractivity contribution >= 4 is 40.6 Å². The average Bonchev–Trinajstić information content (AvgIpc) is 2.65. The molecule has 1 aliphatic rings. The van der Waals surface area contributed by atoms with Gasteiger partial charge in [-0.25, -0.2) is 0 Å². The molecule has 1 saturated heterocycles. The molecule has 0 saturated carbocycles. The summed E-state index contributed by atoms with van der Waals surface area (Å²) in [5.74, 6) is -1.90. The topological polar surface area (TPSA) is 148 Å². The number of aliphatic hydroxyl groups is 1. The van der Waals surface area contributed by atoms with Crippen LogP contribution in [0.15, 0.2) is 0 Å². The number of rotatable bonds is 5. The maximum Gasteiger partial charge on any atom is 0.308 e. The van der Waals surface area contributed by atoms with Gasteiger partial charge in [0.15, 0.2) is 11.2 Å². The molecule has 170 valence electrons. The molecule has 30 heavy (non-hydrogen) atoms. The maximum atomic E-state index is 12.7. The smallest absolute Gasteiger partial charge is 0.308 e. The second-order valence-corrected chi connectivity index (χ2v) is 8.84. The summed E-state index contributed by atoms with van der Waals surface area (Å²) in [6.45, 7) is 4.71. The summed E-state index contributed by atoms with van der Waals surface area (Å²) in [5.41, 5.74) is -1.09. The Labute approximate surface area is 179 Å². The molecule has 1 rings (SSSR count). The number of amides is 2. The zero-order valence-electron chi connectivity index (χ0n) is 17.5. The molecule has 0 aromatic heterocycles. The Morgan fingerprint density at radius 2 is 1.90 bits per heavy atom. The minimum absolute atomic E-state index is 0.0226. The Morgan fingerprint density at radius 3 is 2.57 bits per heavy atom. The zero-order chi connectivity index (χ0) is 22.7. The predicted molar refractivity (Wildman–Crippen MR) is 108 cm³/mol. The average molecular weight is 447 g/mol. The normalized spacial score (nSPS) is 21.4. The van der Waals surface area contributed by atoms with Crippen molar-refractivity contribution in [3.8, 4) is 0 Å². The van der Waals surface area contributed by atoms with E-state index in [2.05, 4.69) is 10.6 Å². The molecule has 0 unspecified atom stereocenters. The number of ether oxygens (including phenoxy) is 2. The van der Waals surface area contributed by atoms with Crippen LogP contribution in [0.5, 0.6) is 0 Å².